The first kappa shape index (κ1) is 14.0. The van der Waals surface area contributed by atoms with Gasteiger partial charge in [0.2, 0.25) is 10.0 Å². The van der Waals surface area contributed by atoms with Crippen molar-refractivity contribution in [3.8, 4) is 0 Å². The van der Waals surface area contributed by atoms with Crippen LogP contribution in [-0.2, 0) is 17.1 Å². The molecule has 106 valence electrons. The maximum absolute atomic E-state index is 12.2. The molecule has 7 nitrogen and oxygen atoms in total. The van der Waals surface area contributed by atoms with Crippen LogP contribution in [0.2, 0.25) is 0 Å². The second-order valence-corrected chi connectivity index (χ2v) is 6.46. The highest BCUT2D eigenvalue weighted by molar-refractivity contribution is 7.89. The molecule has 19 heavy (non-hydrogen) atoms. The van der Waals surface area contributed by atoms with E-state index < -0.39 is 16.1 Å². The first-order chi connectivity index (χ1) is 8.85. The van der Waals surface area contributed by atoms with Crippen LogP contribution in [0.3, 0.4) is 0 Å². The number of carbonyl (C=O) groups is 1. The van der Waals surface area contributed by atoms with Crippen molar-refractivity contribution in [3.05, 3.63) is 18.0 Å². The minimum Gasteiger partial charge on any atom is -0.391 e. The fraction of sp³-hybridized carbons (Fsp3) is 0.545. The highest BCUT2D eigenvalue weighted by Gasteiger charge is 2.28. The van der Waals surface area contributed by atoms with Gasteiger partial charge in [-0.15, -0.1) is 0 Å². The number of aliphatic hydroxyl groups is 1. The Bertz CT molecular complexity index is 593. The molecular formula is C11H17N3O4S. The van der Waals surface area contributed by atoms with E-state index >= 15 is 0 Å². The number of aromatic nitrogens is 1. The van der Waals surface area contributed by atoms with Gasteiger partial charge in [0.1, 0.15) is 10.6 Å². The number of nitrogens with one attached hydrogen (secondary N) is 1. The average molecular weight is 287 g/mol. The lowest BCUT2D eigenvalue weighted by Crippen LogP contribution is -2.30. The Morgan fingerprint density at radius 3 is 2.74 bits per heavy atom. The van der Waals surface area contributed by atoms with Crippen molar-refractivity contribution in [2.45, 2.75) is 17.4 Å². The number of amides is 1. The maximum Gasteiger partial charge on any atom is 0.270 e. The van der Waals surface area contributed by atoms with E-state index in [1.807, 2.05) is 0 Å². The lowest BCUT2D eigenvalue weighted by atomic mass is 10.3. The molecule has 1 saturated heterocycles. The van der Waals surface area contributed by atoms with Crippen LogP contribution < -0.4 is 4.72 Å². The van der Waals surface area contributed by atoms with Crippen LogP contribution in [0, 0.1) is 0 Å². The summed E-state index contributed by atoms with van der Waals surface area (Å²) < 4.78 is 27.0. The Kier molecular flexibility index (Phi) is 3.66. The number of sulfonamides is 1. The van der Waals surface area contributed by atoms with Gasteiger partial charge in [-0.3, -0.25) is 4.79 Å². The summed E-state index contributed by atoms with van der Waals surface area (Å²) >= 11 is 0. The summed E-state index contributed by atoms with van der Waals surface area (Å²) in [6.45, 7) is 0.775. The zero-order valence-corrected chi connectivity index (χ0v) is 11.6. The van der Waals surface area contributed by atoms with E-state index in [9.17, 15) is 18.3 Å². The SMILES string of the molecule is CNS(=O)(=O)c1cc(C(=O)N2CC[C@H](O)C2)n(C)c1. The molecule has 0 saturated carbocycles. The molecule has 1 aromatic rings. The fourth-order valence-electron chi connectivity index (χ4n) is 2.10. The van der Waals surface area contributed by atoms with Crippen LogP contribution in [-0.4, -0.2) is 55.1 Å². The van der Waals surface area contributed by atoms with Gasteiger partial charge in [0, 0.05) is 26.3 Å². The zero-order valence-electron chi connectivity index (χ0n) is 10.8. The Morgan fingerprint density at radius 1 is 1.53 bits per heavy atom. The second kappa shape index (κ2) is 4.95. The van der Waals surface area contributed by atoms with Crippen LogP contribution in [0.5, 0.6) is 0 Å². The molecule has 0 radical (unpaired) electrons. The molecule has 1 amide bonds. The minimum atomic E-state index is -3.56. The lowest BCUT2D eigenvalue weighted by Gasteiger charge is -2.15. The number of nitrogens with zero attached hydrogens (tertiary/aromatic N) is 2. The van der Waals surface area contributed by atoms with Gasteiger partial charge in [0.15, 0.2) is 0 Å². The molecule has 1 aromatic heterocycles. The molecule has 0 bridgehead atoms. The van der Waals surface area contributed by atoms with Crippen molar-refractivity contribution < 1.29 is 18.3 Å². The number of hydrogen-bond acceptors (Lipinski definition) is 4. The van der Waals surface area contributed by atoms with E-state index in [0.717, 1.165) is 0 Å². The number of hydrogen-bond donors (Lipinski definition) is 2. The number of β-amino-alcohol motifs (C(OH)–C–C–N with tert-alkyl or cyclic N) is 1. The Morgan fingerprint density at radius 2 is 2.21 bits per heavy atom. The molecule has 1 aliphatic rings. The molecular weight excluding hydrogens is 270 g/mol. The standard InChI is InChI=1S/C11H17N3O4S/c1-12-19(17,18)9-5-10(13(2)7-9)11(16)14-4-3-8(15)6-14/h5,7-8,12,15H,3-4,6H2,1-2H3/t8-/m0/s1. The molecule has 2 N–H and O–H groups in total. The van der Waals surface area contributed by atoms with E-state index in [-0.39, 0.29) is 17.3 Å². The molecule has 0 aliphatic carbocycles. The number of carbonyl (C=O) groups excluding carboxylic acids is 1. The quantitative estimate of drug-likeness (QED) is 0.757. The van der Waals surface area contributed by atoms with E-state index in [0.29, 0.717) is 18.7 Å². The zero-order chi connectivity index (χ0) is 14.2. The van der Waals surface area contributed by atoms with Crippen LogP contribution in [0.15, 0.2) is 17.2 Å². The van der Waals surface area contributed by atoms with Gasteiger partial charge in [0.25, 0.3) is 5.91 Å². The predicted molar refractivity (Wildman–Crippen MR) is 68.2 cm³/mol. The number of likely N-dealkylation sites (tertiary alicyclic amines) is 1. The third-order valence-corrected chi connectivity index (χ3v) is 4.61. The monoisotopic (exact) mass is 287 g/mol. The van der Waals surface area contributed by atoms with Crippen LogP contribution in [0.25, 0.3) is 0 Å². The van der Waals surface area contributed by atoms with Crippen molar-refractivity contribution >= 4 is 15.9 Å². The smallest absolute Gasteiger partial charge is 0.270 e. The lowest BCUT2D eigenvalue weighted by molar-refractivity contribution is 0.0755. The van der Waals surface area contributed by atoms with E-state index in [2.05, 4.69) is 4.72 Å². The summed E-state index contributed by atoms with van der Waals surface area (Å²) in [7, 11) is -0.619. The predicted octanol–water partition coefficient (Wildman–Crippen LogP) is -0.860. The fourth-order valence-corrected chi connectivity index (χ4v) is 2.90. The van der Waals surface area contributed by atoms with Crippen molar-refractivity contribution in [1.29, 1.82) is 0 Å². The molecule has 2 rings (SSSR count). The third kappa shape index (κ3) is 2.65. The molecule has 1 fully saturated rings. The Hall–Kier alpha value is -1.38. The largest absolute Gasteiger partial charge is 0.391 e. The van der Waals surface area contributed by atoms with Gasteiger partial charge in [-0.25, -0.2) is 13.1 Å². The van der Waals surface area contributed by atoms with Gasteiger partial charge in [-0.2, -0.15) is 0 Å². The van der Waals surface area contributed by atoms with Gasteiger partial charge in [-0.05, 0) is 19.5 Å². The molecule has 1 atom stereocenters. The van der Waals surface area contributed by atoms with Gasteiger partial charge in [0.05, 0.1) is 6.10 Å². The minimum absolute atomic E-state index is 0.0561. The summed E-state index contributed by atoms with van der Waals surface area (Å²) in [5.41, 5.74) is 0.294. The molecule has 0 aromatic carbocycles. The van der Waals surface area contributed by atoms with Crippen LogP contribution in [0.4, 0.5) is 0 Å². The first-order valence-electron chi connectivity index (χ1n) is 5.92. The highest BCUT2D eigenvalue weighted by atomic mass is 32.2. The Balaban J connectivity index is 2.29. The van der Waals surface area contributed by atoms with Crippen molar-refractivity contribution in [3.63, 3.8) is 0 Å². The molecule has 0 spiro atoms. The highest BCUT2D eigenvalue weighted by Crippen LogP contribution is 2.17. The normalized spacial score (nSPS) is 19.9. The third-order valence-electron chi connectivity index (χ3n) is 3.23. The summed E-state index contributed by atoms with van der Waals surface area (Å²) in [5, 5.41) is 9.43. The average Bonchev–Trinajstić information content (AvgIpc) is 2.95. The Labute approximate surface area is 111 Å². The summed E-state index contributed by atoms with van der Waals surface area (Å²) in [4.78, 5) is 13.8. The second-order valence-electron chi connectivity index (χ2n) is 4.57. The summed E-state index contributed by atoms with van der Waals surface area (Å²) in [5.74, 6) is -0.267. The van der Waals surface area contributed by atoms with Crippen molar-refractivity contribution in [2.24, 2.45) is 7.05 Å². The molecule has 8 heteroatoms. The molecule has 0 unspecified atom stereocenters. The summed E-state index contributed by atoms with van der Waals surface area (Å²) in [6.07, 6.45) is 1.45. The molecule has 2 heterocycles. The number of rotatable bonds is 3. The van der Waals surface area contributed by atoms with E-state index in [1.54, 1.807) is 7.05 Å². The number of aliphatic hydroxyl groups excluding tert-OH is 1. The van der Waals surface area contributed by atoms with E-state index in [1.165, 1.54) is 28.8 Å². The van der Waals surface area contributed by atoms with E-state index in [4.69, 9.17) is 0 Å². The van der Waals surface area contributed by atoms with Gasteiger partial charge >= 0.3 is 0 Å². The van der Waals surface area contributed by atoms with Crippen LogP contribution in [0.1, 0.15) is 16.9 Å². The maximum atomic E-state index is 12.2. The first-order valence-corrected chi connectivity index (χ1v) is 7.40. The van der Waals surface area contributed by atoms with Gasteiger partial charge in [-0.1, -0.05) is 0 Å². The van der Waals surface area contributed by atoms with Crippen LogP contribution >= 0.6 is 0 Å². The topological polar surface area (TPSA) is 91.6 Å². The van der Waals surface area contributed by atoms with Gasteiger partial charge < -0.3 is 14.6 Å². The van der Waals surface area contributed by atoms with Crippen molar-refractivity contribution in [2.75, 3.05) is 20.1 Å². The molecule has 1 aliphatic heterocycles. The summed E-state index contributed by atoms with van der Waals surface area (Å²) in [6, 6.07) is 1.35. The number of aryl methyl sites for hydroxylation is 1. The van der Waals surface area contributed by atoms with Crippen molar-refractivity contribution in [1.82, 2.24) is 14.2 Å².